The molecule has 0 spiro atoms. The lowest BCUT2D eigenvalue weighted by molar-refractivity contribution is 0.314. The van der Waals surface area contributed by atoms with Crippen LogP contribution in [0.15, 0.2) is 91.1 Å². The summed E-state index contributed by atoms with van der Waals surface area (Å²) in [4.78, 5) is 0. The van der Waals surface area contributed by atoms with Crippen molar-refractivity contribution in [3.8, 4) is 11.5 Å². The van der Waals surface area contributed by atoms with E-state index in [2.05, 4.69) is 71.2 Å². The number of nitrogens with zero attached hydrogens (tertiary/aromatic N) is 1. The summed E-state index contributed by atoms with van der Waals surface area (Å²) >= 11 is 0. The van der Waals surface area contributed by atoms with Gasteiger partial charge in [0.2, 0.25) is 0 Å². The van der Waals surface area contributed by atoms with Crippen LogP contribution in [0.2, 0.25) is 0 Å². The van der Waals surface area contributed by atoms with Crippen molar-refractivity contribution in [3.63, 3.8) is 0 Å². The molecule has 0 saturated heterocycles. The van der Waals surface area contributed by atoms with Crippen LogP contribution in [0.3, 0.4) is 0 Å². The second-order valence-electron chi connectivity index (χ2n) is 6.79. The summed E-state index contributed by atoms with van der Waals surface area (Å²) in [5, 5.41) is 2.10. The number of rotatable bonds is 6. The molecule has 4 heteroatoms. The van der Waals surface area contributed by atoms with Gasteiger partial charge in [-0.25, -0.2) is 0 Å². The van der Waals surface area contributed by atoms with Crippen LogP contribution in [-0.2, 0) is 6.54 Å². The Bertz CT molecular complexity index is 1010. The molecule has 0 amide bonds. The lowest BCUT2D eigenvalue weighted by atomic mass is 9.98. The smallest absolute Gasteiger partial charge is 0.118 e. The molecule has 3 aromatic rings. The second kappa shape index (κ2) is 8.57. The molecule has 0 bridgehead atoms. The fraction of sp³-hybridized carbons (Fsp3) is 0.120. The third-order valence-corrected chi connectivity index (χ3v) is 4.92. The Morgan fingerprint density at radius 3 is 1.90 bits per heavy atom. The van der Waals surface area contributed by atoms with Gasteiger partial charge in [-0.1, -0.05) is 42.5 Å². The van der Waals surface area contributed by atoms with Crippen molar-refractivity contribution in [2.45, 2.75) is 6.54 Å². The van der Waals surface area contributed by atoms with Crippen molar-refractivity contribution in [3.05, 3.63) is 108 Å². The number of hydrogen-bond acceptors (Lipinski definition) is 4. The highest BCUT2D eigenvalue weighted by Crippen LogP contribution is 2.31. The van der Waals surface area contributed by atoms with Crippen molar-refractivity contribution in [1.82, 2.24) is 10.4 Å². The Morgan fingerprint density at radius 2 is 1.31 bits per heavy atom. The average Bonchev–Trinajstić information content (AvgIpc) is 2.80. The third kappa shape index (κ3) is 4.27. The van der Waals surface area contributed by atoms with Gasteiger partial charge in [-0.2, -0.15) is 0 Å². The Balaban J connectivity index is 1.69. The maximum absolute atomic E-state index is 5.32. The van der Waals surface area contributed by atoms with Gasteiger partial charge >= 0.3 is 0 Å². The van der Waals surface area contributed by atoms with Crippen molar-refractivity contribution in [1.29, 1.82) is 0 Å². The van der Waals surface area contributed by atoms with Crippen LogP contribution >= 0.6 is 0 Å². The summed E-state index contributed by atoms with van der Waals surface area (Å²) in [6.45, 7) is 0.771. The Morgan fingerprint density at radius 1 is 0.724 bits per heavy atom. The number of hydrogen-bond donors (Lipinski definition) is 1. The molecule has 1 aliphatic heterocycles. The third-order valence-electron chi connectivity index (χ3n) is 4.92. The van der Waals surface area contributed by atoms with Gasteiger partial charge < -0.3 is 9.47 Å². The van der Waals surface area contributed by atoms with Gasteiger partial charge in [0.1, 0.15) is 11.5 Å². The molecule has 29 heavy (non-hydrogen) atoms. The van der Waals surface area contributed by atoms with E-state index in [0.717, 1.165) is 40.4 Å². The molecule has 3 aromatic carbocycles. The Hall–Kier alpha value is -3.66. The lowest BCUT2D eigenvalue weighted by Gasteiger charge is -2.30. The van der Waals surface area contributed by atoms with E-state index in [0.29, 0.717) is 0 Å². The molecule has 4 nitrogen and oxygen atoms in total. The van der Waals surface area contributed by atoms with Crippen LogP contribution in [0.1, 0.15) is 16.7 Å². The van der Waals surface area contributed by atoms with E-state index in [1.165, 1.54) is 5.56 Å². The van der Waals surface area contributed by atoms with Crippen LogP contribution < -0.4 is 14.9 Å². The van der Waals surface area contributed by atoms with Crippen LogP contribution in [0.25, 0.3) is 11.3 Å². The fourth-order valence-electron chi connectivity index (χ4n) is 3.35. The van der Waals surface area contributed by atoms with Crippen molar-refractivity contribution < 1.29 is 9.47 Å². The molecule has 0 radical (unpaired) electrons. The van der Waals surface area contributed by atoms with E-state index in [-0.39, 0.29) is 0 Å². The van der Waals surface area contributed by atoms with Gasteiger partial charge in [-0.15, -0.1) is 0 Å². The summed E-state index contributed by atoms with van der Waals surface area (Å²) < 4.78 is 10.6. The van der Waals surface area contributed by atoms with Crippen molar-refractivity contribution in [2.24, 2.45) is 0 Å². The average molecular weight is 384 g/mol. The molecular weight excluding hydrogens is 360 g/mol. The summed E-state index contributed by atoms with van der Waals surface area (Å²) in [7, 11) is 3.36. The van der Waals surface area contributed by atoms with Crippen LogP contribution in [-0.4, -0.2) is 19.2 Å². The molecule has 0 aliphatic carbocycles. The minimum absolute atomic E-state index is 0.771. The summed E-state index contributed by atoms with van der Waals surface area (Å²) in [5.41, 5.74) is 9.23. The highest BCUT2D eigenvalue weighted by atomic mass is 16.5. The van der Waals surface area contributed by atoms with Gasteiger partial charge in [0.05, 0.1) is 26.5 Å². The summed E-state index contributed by atoms with van der Waals surface area (Å²) in [5.74, 6) is 1.69. The van der Waals surface area contributed by atoms with Crippen molar-refractivity contribution in [2.75, 3.05) is 14.2 Å². The molecular formula is C25H24N2O2. The maximum Gasteiger partial charge on any atom is 0.118 e. The largest absolute Gasteiger partial charge is 0.497 e. The summed E-state index contributed by atoms with van der Waals surface area (Å²) in [6.07, 6.45) is 4.24. The zero-order valence-corrected chi connectivity index (χ0v) is 16.6. The minimum Gasteiger partial charge on any atom is -0.497 e. The molecule has 1 N–H and O–H groups in total. The number of hydrazine groups is 1. The highest BCUT2D eigenvalue weighted by molar-refractivity contribution is 5.95. The van der Waals surface area contributed by atoms with Crippen molar-refractivity contribution >= 4 is 11.3 Å². The molecule has 146 valence electrons. The first kappa shape index (κ1) is 18.7. The summed E-state index contributed by atoms with van der Waals surface area (Å²) in [6, 6.07) is 26.7. The first-order valence-corrected chi connectivity index (χ1v) is 9.55. The number of methoxy groups -OCH3 is 2. The van der Waals surface area contributed by atoms with E-state index < -0.39 is 0 Å². The predicted octanol–water partition coefficient (Wildman–Crippen LogP) is 5.11. The Kier molecular flexibility index (Phi) is 5.52. The molecule has 1 heterocycles. The number of ether oxygens (including phenoxy) is 2. The van der Waals surface area contributed by atoms with Gasteiger partial charge in [-0.3, -0.25) is 10.4 Å². The fourth-order valence-corrected chi connectivity index (χ4v) is 3.35. The van der Waals surface area contributed by atoms with Crippen LogP contribution in [0.5, 0.6) is 11.5 Å². The topological polar surface area (TPSA) is 33.7 Å². The van der Waals surface area contributed by atoms with Gasteiger partial charge in [0.15, 0.2) is 0 Å². The number of benzene rings is 3. The molecule has 0 atom stereocenters. The zero-order chi connectivity index (χ0) is 20.1. The minimum atomic E-state index is 0.771. The quantitative estimate of drug-likeness (QED) is 0.641. The monoisotopic (exact) mass is 384 g/mol. The molecule has 0 saturated carbocycles. The van der Waals surface area contributed by atoms with Crippen LogP contribution in [0.4, 0.5) is 0 Å². The van der Waals surface area contributed by atoms with E-state index in [9.17, 15) is 0 Å². The SMILES string of the molecule is COc1ccc(C2=C(c3ccc(OC)cc3)NN(Cc3ccccc3)C=C2)cc1. The predicted molar refractivity (Wildman–Crippen MR) is 117 cm³/mol. The van der Waals surface area contributed by atoms with Gasteiger partial charge in [0, 0.05) is 17.3 Å². The first-order chi connectivity index (χ1) is 14.3. The molecule has 4 rings (SSSR count). The lowest BCUT2D eigenvalue weighted by Crippen LogP contribution is -2.34. The molecule has 0 aromatic heterocycles. The van der Waals surface area contributed by atoms with E-state index in [1.807, 2.05) is 30.3 Å². The van der Waals surface area contributed by atoms with Crippen LogP contribution in [0, 0.1) is 0 Å². The normalized spacial score (nSPS) is 13.2. The second-order valence-corrected chi connectivity index (χ2v) is 6.79. The standard InChI is InChI=1S/C25H24N2O2/c1-28-22-12-8-20(9-13-22)24-16-17-27(18-19-6-4-3-5-7-19)26-25(24)21-10-14-23(29-2)15-11-21/h3-17,26H,18H2,1-2H3. The zero-order valence-electron chi connectivity index (χ0n) is 16.6. The van der Waals surface area contributed by atoms with Gasteiger partial charge in [0.25, 0.3) is 0 Å². The molecule has 1 aliphatic rings. The van der Waals surface area contributed by atoms with E-state index in [4.69, 9.17) is 9.47 Å². The first-order valence-electron chi connectivity index (χ1n) is 9.55. The Labute approximate surface area is 171 Å². The van der Waals surface area contributed by atoms with E-state index >= 15 is 0 Å². The molecule has 0 fully saturated rings. The number of nitrogens with one attached hydrogen (secondary N) is 1. The van der Waals surface area contributed by atoms with E-state index in [1.54, 1.807) is 14.2 Å². The highest BCUT2D eigenvalue weighted by Gasteiger charge is 2.17. The van der Waals surface area contributed by atoms with Gasteiger partial charge in [-0.05, 0) is 53.6 Å². The molecule has 0 unspecified atom stereocenters. The number of allylic oxidation sites excluding steroid dienone is 2. The maximum atomic E-state index is 5.32.